The van der Waals surface area contributed by atoms with Crippen LogP contribution in [0.3, 0.4) is 0 Å². The molecule has 0 spiro atoms. The van der Waals surface area contributed by atoms with E-state index in [9.17, 15) is 4.79 Å². The number of rotatable bonds is 7. The van der Waals surface area contributed by atoms with E-state index >= 15 is 0 Å². The third kappa shape index (κ3) is 5.72. The van der Waals surface area contributed by atoms with E-state index in [-0.39, 0.29) is 12.0 Å². The number of H-pyrrole nitrogens is 1. The highest BCUT2D eigenvalue weighted by Crippen LogP contribution is 2.22. The summed E-state index contributed by atoms with van der Waals surface area (Å²) in [6, 6.07) is 9.33. The van der Waals surface area contributed by atoms with Crippen molar-refractivity contribution in [2.75, 3.05) is 59.2 Å². The van der Waals surface area contributed by atoms with Gasteiger partial charge in [0.2, 0.25) is 5.91 Å². The lowest BCUT2D eigenvalue weighted by Crippen LogP contribution is -2.48. The van der Waals surface area contributed by atoms with Gasteiger partial charge in [-0.2, -0.15) is 5.10 Å². The molecule has 1 N–H and O–H groups in total. The third-order valence-corrected chi connectivity index (χ3v) is 5.53. The quantitative estimate of drug-likeness (QED) is 0.717. The van der Waals surface area contributed by atoms with E-state index in [4.69, 9.17) is 25.8 Å². The predicted octanol–water partition coefficient (Wildman–Crippen LogP) is 1.92. The Bertz CT molecular complexity index is 840. The van der Waals surface area contributed by atoms with Crippen LogP contribution in [-0.2, 0) is 20.7 Å². The summed E-state index contributed by atoms with van der Waals surface area (Å²) in [7, 11) is 0. The fraction of sp³-hybridized carbons (Fsp3) is 0.524. The number of benzene rings is 1. The van der Waals surface area contributed by atoms with Gasteiger partial charge in [-0.1, -0.05) is 17.7 Å². The highest BCUT2D eigenvalue weighted by Gasteiger charge is 2.28. The zero-order valence-electron chi connectivity index (χ0n) is 16.9. The van der Waals surface area contributed by atoms with E-state index in [0.29, 0.717) is 57.5 Å². The number of halogens is 1. The maximum absolute atomic E-state index is 12.7. The normalized spacial score (nSPS) is 20.3. The molecule has 0 aliphatic carbocycles. The second-order valence-electron chi connectivity index (χ2n) is 7.46. The van der Waals surface area contributed by atoms with Crippen molar-refractivity contribution in [1.82, 2.24) is 20.0 Å². The summed E-state index contributed by atoms with van der Waals surface area (Å²) in [5, 5.41) is 8.10. The van der Waals surface area contributed by atoms with Crippen LogP contribution >= 0.6 is 11.6 Å². The first-order valence-electron chi connectivity index (χ1n) is 10.3. The molecule has 2 aromatic rings. The molecule has 1 aromatic heterocycles. The van der Waals surface area contributed by atoms with Crippen molar-refractivity contribution in [3.8, 4) is 5.75 Å². The smallest absolute Gasteiger partial charge is 0.236 e. The molecule has 8 nitrogen and oxygen atoms in total. The molecule has 30 heavy (non-hydrogen) atoms. The fourth-order valence-electron chi connectivity index (χ4n) is 3.61. The highest BCUT2D eigenvalue weighted by atomic mass is 35.5. The number of ether oxygens (including phenoxy) is 3. The van der Waals surface area contributed by atoms with E-state index in [1.807, 2.05) is 29.2 Å². The van der Waals surface area contributed by atoms with E-state index in [1.165, 1.54) is 0 Å². The minimum Gasteiger partial charge on any atom is -0.493 e. The Balaban J connectivity index is 1.26. The molecule has 1 aromatic carbocycles. The number of hydrogen-bond acceptors (Lipinski definition) is 6. The molecule has 3 heterocycles. The van der Waals surface area contributed by atoms with Gasteiger partial charge >= 0.3 is 0 Å². The van der Waals surface area contributed by atoms with Crippen LogP contribution in [0.4, 0.5) is 0 Å². The van der Waals surface area contributed by atoms with Gasteiger partial charge in [0.1, 0.15) is 11.9 Å². The van der Waals surface area contributed by atoms with Crippen LogP contribution in [0.5, 0.6) is 5.75 Å². The van der Waals surface area contributed by atoms with Crippen LogP contribution < -0.4 is 4.74 Å². The molecule has 0 radical (unpaired) electrons. The lowest BCUT2D eigenvalue weighted by atomic mass is 10.2. The molecule has 2 aliphatic rings. The monoisotopic (exact) mass is 434 g/mol. The summed E-state index contributed by atoms with van der Waals surface area (Å²) >= 11 is 5.97. The van der Waals surface area contributed by atoms with Gasteiger partial charge in [0, 0.05) is 36.8 Å². The van der Waals surface area contributed by atoms with Crippen LogP contribution in [-0.4, -0.2) is 85.1 Å². The van der Waals surface area contributed by atoms with E-state index in [0.717, 1.165) is 30.2 Å². The first-order valence-corrected chi connectivity index (χ1v) is 10.7. The summed E-state index contributed by atoms with van der Waals surface area (Å²) in [4.78, 5) is 16.7. The van der Waals surface area contributed by atoms with Gasteiger partial charge in [0.15, 0.2) is 0 Å². The minimum absolute atomic E-state index is 0.135. The molecule has 0 unspecified atom stereocenters. The SMILES string of the molecule is O=C(CN1CCOCC1)N1CCO[C@H](c2cc(CCOc3cccc(Cl)c3)[nH]n2)C1. The second kappa shape index (κ2) is 10.3. The lowest BCUT2D eigenvalue weighted by molar-refractivity contribution is -0.141. The standard InChI is InChI=1S/C21H27ClN4O4/c22-16-2-1-3-18(12-16)29-8-4-17-13-19(24-23-17)20-14-26(7-11-30-20)21(27)15-25-5-9-28-10-6-25/h1-3,12-13,20H,4-11,14-15H2,(H,23,24)/t20-/m0/s1. The van der Waals surface area contributed by atoms with Crippen LogP contribution in [0.15, 0.2) is 30.3 Å². The number of aromatic nitrogens is 2. The van der Waals surface area contributed by atoms with E-state index < -0.39 is 0 Å². The summed E-state index contributed by atoms with van der Waals surface area (Å²) < 4.78 is 17.0. The molecule has 2 saturated heterocycles. The Hall–Kier alpha value is -2.13. The van der Waals surface area contributed by atoms with Crippen LogP contribution in [0, 0.1) is 0 Å². The Morgan fingerprint density at radius 1 is 1.23 bits per heavy atom. The van der Waals surface area contributed by atoms with Gasteiger partial charge in [-0.15, -0.1) is 0 Å². The number of hydrogen-bond donors (Lipinski definition) is 1. The van der Waals surface area contributed by atoms with Gasteiger partial charge in [0.05, 0.1) is 45.2 Å². The number of carbonyl (C=O) groups is 1. The molecule has 2 fully saturated rings. The maximum atomic E-state index is 12.7. The molecule has 1 amide bonds. The van der Waals surface area contributed by atoms with E-state index in [1.54, 1.807) is 6.07 Å². The van der Waals surface area contributed by atoms with Crippen LogP contribution in [0.1, 0.15) is 17.5 Å². The Morgan fingerprint density at radius 3 is 2.93 bits per heavy atom. The number of carbonyl (C=O) groups excluding carboxylic acids is 1. The number of aromatic amines is 1. The van der Waals surface area contributed by atoms with Crippen molar-refractivity contribution in [2.24, 2.45) is 0 Å². The number of amides is 1. The van der Waals surface area contributed by atoms with Crippen LogP contribution in [0.25, 0.3) is 0 Å². The molecule has 0 bridgehead atoms. The molecule has 2 aliphatic heterocycles. The van der Waals surface area contributed by atoms with Crippen molar-refractivity contribution in [3.63, 3.8) is 0 Å². The second-order valence-corrected chi connectivity index (χ2v) is 7.90. The van der Waals surface area contributed by atoms with Crippen molar-refractivity contribution in [2.45, 2.75) is 12.5 Å². The predicted molar refractivity (Wildman–Crippen MR) is 112 cm³/mol. The zero-order valence-corrected chi connectivity index (χ0v) is 17.6. The Kier molecular flexibility index (Phi) is 7.22. The molecular formula is C21H27ClN4O4. The molecule has 162 valence electrons. The molecule has 9 heteroatoms. The molecule has 0 saturated carbocycles. The van der Waals surface area contributed by atoms with Gasteiger partial charge in [-0.05, 0) is 24.3 Å². The third-order valence-electron chi connectivity index (χ3n) is 5.30. The number of nitrogens with zero attached hydrogens (tertiary/aromatic N) is 3. The molecule has 1 atom stereocenters. The van der Waals surface area contributed by atoms with Crippen LogP contribution in [0.2, 0.25) is 5.02 Å². The Labute approximate surface area is 181 Å². The zero-order chi connectivity index (χ0) is 20.8. The average molecular weight is 435 g/mol. The Morgan fingerprint density at radius 2 is 2.10 bits per heavy atom. The van der Waals surface area contributed by atoms with E-state index in [2.05, 4.69) is 15.1 Å². The lowest BCUT2D eigenvalue weighted by Gasteiger charge is -2.34. The van der Waals surface area contributed by atoms with Gasteiger partial charge in [-0.3, -0.25) is 14.8 Å². The largest absolute Gasteiger partial charge is 0.493 e. The number of morpholine rings is 2. The van der Waals surface area contributed by atoms with Gasteiger partial charge in [-0.25, -0.2) is 0 Å². The fourth-order valence-corrected chi connectivity index (χ4v) is 3.79. The maximum Gasteiger partial charge on any atom is 0.236 e. The summed E-state index contributed by atoms with van der Waals surface area (Å²) in [5.41, 5.74) is 1.78. The first-order chi connectivity index (χ1) is 14.7. The van der Waals surface area contributed by atoms with Crippen molar-refractivity contribution >= 4 is 17.5 Å². The highest BCUT2D eigenvalue weighted by molar-refractivity contribution is 6.30. The first kappa shape index (κ1) is 21.1. The van der Waals surface area contributed by atoms with Gasteiger partial charge in [0.25, 0.3) is 0 Å². The molecule has 4 rings (SSSR count). The average Bonchev–Trinajstić information content (AvgIpc) is 3.24. The summed E-state index contributed by atoms with van der Waals surface area (Å²) in [6.07, 6.45) is 0.470. The van der Waals surface area contributed by atoms with Crippen molar-refractivity contribution in [1.29, 1.82) is 0 Å². The topological polar surface area (TPSA) is 79.9 Å². The summed E-state index contributed by atoms with van der Waals surface area (Å²) in [6.45, 7) is 5.59. The van der Waals surface area contributed by atoms with Crippen molar-refractivity contribution < 1.29 is 19.0 Å². The van der Waals surface area contributed by atoms with Gasteiger partial charge < -0.3 is 19.1 Å². The molecular weight excluding hydrogens is 408 g/mol. The summed E-state index contributed by atoms with van der Waals surface area (Å²) in [5.74, 6) is 0.878. The minimum atomic E-state index is -0.216. The van der Waals surface area contributed by atoms with Crippen molar-refractivity contribution in [3.05, 3.63) is 46.7 Å². The number of nitrogens with one attached hydrogen (secondary N) is 1.